The van der Waals surface area contributed by atoms with Crippen LogP contribution in [0.1, 0.15) is 31.4 Å². The third-order valence-electron chi connectivity index (χ3n) is 3.14. The maximum Gasteiger partial charge on any atom is 0.312 e. The number of carbonyl (C=O) groups is 1. The first kappa shape index (κ1) is 10.9. The van der Waals surface area contributed by atoms with E-state index in [1.807, 2.05) is 37.3 Å². The molecule has 1 heterocycles. The summed E-state index contributed by atoms with van der Waals surface area (Å²) < 4.78 is 5.43. The fourth-order valence-electron chi connectivity index (χ4n) is 2.14. The molecule has 0 spiro atoms. The zero-order valence-corrected chi connectivity index (χ0v) is 9.48. The molecule has 2 nitrogen and oxygen atoms in total. The maximum atomic E-state index is 11.8. The SMILES string of the molecule is C=CC[C@@]1(C)C[C@H](c2ccccc2)OC1=O. The van der Waals surface area contributed by atoms with Crippen LogP contribution in [0.4, 0.5) is 0 Å². The summed E-state index contributed by atoms with van der Waals surface area (Å²) in [6.45, 7) is 5.64. The van der Waals surface area contributed by atoms with Gasteiger partial charge in [-0.2, -0.15) is 0 Å². The molecular formula is C14H16O2. The van der Waals surface area contributed by atoms with E-state index in [4.69, 9.17) is 4.74 Å². The number of carbonyl (C=O) groups excluding carboxylic acids is 1. The average Bonchev–Trinajstić information content (AvgIpc) is 2.57. The van der Waals surface area contributed by atoms with E-state index in [1.165, 1.54) is 0 Å². The molecule has 1 saturated heterocycles. The van der Waals surface area contributed by atoms with Gasteiger partial charge in [-0.1, -0.05) is 36.4 Å². The zero-order chi connectivity index (χ0) is 11.6. The smallest absolute Gasteiger partial charge is 0.312 e. The van der Waals surface area contributed by atoms with Crippen LogP contribution in [0.5, 0.6) is 0 Å². The van der Waals surface area contributed by atoms with Gasteiger partial charge in [0, 0.05) is 6.42 Å². The molecule has 2 heteroatoms. The van der Waals surface area contributed by atoms with Crippen molar-refractivity contribution in [2.24, 2.45) is 5.41 Å². The van der Waals surface area contributed by atoms with Gasteiger partial charge in [0.1, 0.15) is 6.10 Å². The first-order chi connectivity index (χ1) is 7.65. The lowest BCUT2D eigenvalue weighted by atomic mass is 9.82. The molecule has 0 radical (unpaired) electrons. The molecule has 0 N–H and O–H groups in total. The minimum absolute atomic E-state index is 0.0985. The standard InChI is InChI=1S/C14H16O2/c1-3-9-14(2)10-12(16-13(14)15)11-7-5-4-6-8-11/h3-8,12H,1,9-10H2,2H3/t12-,14+/m1/s1. The molecule has 1 fully saturated rings. The molecule has 0 bridgehead atoms. The van der Waals surface area contributed by atoms with Gasteiger partial charge < -0.3 is 4.74 Å². The van der Waals surface area contributed by atoms with Crippen LogP contribution in [0, 0.1) is 5.41 Å². The third-order valence-corrected chi connectivity index (χ3v) is 3.14. The second-order valence-electron chi connectivity index (χ2n) is 4.56. The average molecular weight is 216 g/mol. The molecule has 84 valence electrons. The Morgan fingerprint density at radius 1 is 1.50 bits per heavy atom. The van der Waals surface area contributed by atoms with E-state index in [2.05, 4.69) is 6.58 Å². The van der Waals surface area contributed by atoms with Crippen LogP contribution in [-0.2, 0) is 9.53 Å². The monoisotopic (exact) mass is 216 g/mol. The van der Waals surface area contributed by atoms with Gasteiger partial charge in [-0.15, -0.1) is 6.58 Å². The van der Waals surface area contributed by atoms with Gasteiger partial charge in [0.05, 0.1) is 5.41 Å². The second-order valence-corrected chi connectivity index (χ2v) is 4.56. The molecule has 0 aliphatic carbocycles. The molecule has 1 aliphatic heterocycles. The lowest BCUT2D eigenvalue weighted by Crippen LogP contribution is -2.20. The van der Waals surface area contributed by atoms with Gasteiger partial charge >= 0.3 is 5.97 Å². The number of allylic oxidation sites excluding steroid dienone is 1. The summed E-state index contributed by atoms with van der Waals surface area (Å²) in [5.74, 6) is -0.110. The van der Waals surface area contributed by atoms with Crippen molar-refractivity contribution in [2.45, 2.75) is 25.9 Å². The molecule has 1 aromatic rings. The summed E-state index contributed by atoms with van der Waals surface area (Å²) in [5, 5.41) is 0. The molecule has 0 aromatic heterocycles. The molecule has 2 atom stereocenters. The van der Waals surface area contributed by atoms with Crippen LogP contribution in [-0.4, -0.2) is 5.97 Å². The summed E-state index contributed by atoms with van der Waals surface area (Å²) in [7, 11) is 0. The summed E-state index contributed by atoms with van der Waals surface area (Å²) in [6.07, 6.45) is 3.10. The highest BCUT2D eigenvalue weighted by Gasteiger charge is 2.44. The number of cyclic esters (lactones) is 1. The number of hydrogen-bond donors (Lipinski definition) is 0. The molecule has 16 heavy (non-hydrogen) atoms. The van der Waals surface area contributed by atoms with E-state index >= 15 is 0 Å². The van der Waals surface area contributed by atoms with Crippen molar-refractivity contribution in [3.8, 4) is 0 Å². The Labute approximate surface area is 95.9 Å². The lowest BCUT2D eigenvalue weighted by molar-refractivity contribution is -0.148. The van der Waals surface area contributed by atoms with E-state index in [0.717, 1.165) is 12.0 Å². The Kier molecular flexibility index (Phi) is 2.82. The van der Waals surface area contributed by atoms with Crippen LogP contribution in [0.25, 0.3) is 0 Å². The molecule has 0 saturated carbocycles. The summed E-state index contributed by atoms with van der Waals surface area (Å²) >= 11 is 0. The van der Waals surface area contributed by atoms with Crippen molar-refractivity contribution in [2.75, 3.05) is 0 Å². The zero-order valence-electron chi connectivity index (χ0n) is 9.48. The first-order valence-corrected chi connectivity index (χ1v) is 5.53. The van der Waals surface area contributed by atoms with Crippen LogP contribution in [0.15, 0.2) is 43.0 Å². The maximum absolute atomic E-state index is 11.8. The number of esters is 1. The molecule has 1 aromatic carbocycles. The van der Waals surface area contributed by atoms with Gasteiger partial charge in [-0.25, -0.2) is 0 Å². The first-order valence-electron chi connectivity index (χ1n) is 5.53. The van der Waals surface area contributed by atoms with Crippen LogP contribution >= 0.6 is 0 Å². The lowest BCUT2D eigenvalue weighted by Gasteiger charge is -2.15. The minimum Gasteiger partial charge on any atom is -0.457 e. The molecule has 2 rings (SSSR count). The Balaban J connectivity index is 2.18. The highest BCUT2D eigenvalue weighted by molar-refractivity contribution is 5.79. The van der Waals surface area contributed by atoms with Crippen molar-refractivity contribution < 1.29 is 9.53 Å². The van der Waals surface area contributed by atoms with Gasteiger partial charge in [0.2, 0.25) is 0 Å². The van der Waals surface area contributed by atoms with Crippen molar-refractivity contribution in [1.82, 2.24) is 0 Å². The Bertz CT molecular complexity index is 396. The highest BCUT2D eigenvalue weighted by atomic mass is 16.6. The fourth-order valence-corrected chi connectivity index (χ4v) is 2.14. The van der Waals surface area contributed by atoms with Gasteiger partial charge in [0.15, 0.2) is 0 Å². The predicted octanol–water partition coefficient (Wildman–Crippen LogP) is 3.26. The minimum atomic E-state index is -0.401. The highest BCUT2D eigenvalue weighted by Crippen LogP contribution is 2.43. The van der Waals surface area contributed by atoms with Crippen LogP contribution in [0.2, 0.25) is 0 Å². The second kappa shape index (κ2) is 4.12. The van der Waals surface area contributed by atoms with Gasteiger partial charge in [-0.05, 0) is 18.9 Å². The van der Waals surface area contributed by atoms with E-state index in [9.17, 15) is 4.79 Å². The Hall–Kier alpha value is -1.57. The van der Waals surface area contributed by atoms with E-state index < -0.39 is 5.41 Å². The molecular weight excluding hydrogens is 200 g/mol. The normalized spacial score (nSPS) is 28.8. The number of ether oxygens (including phenoxy) is 1. The fraction of sp³-hybridized carbons (Fsp3) is 0.357. The van der Waals surface area contributed by atoms with E-state index in [-0.39, 0.29) is 12.1 Å². The van der Waals surface area contributed by atoms with Crippen molar-refractivity contribution in [3.63, 3.8) is 0 Å². The number of rotatable bonds is 3. The van der Waals surface area contributed by atoms with Gasteiger partial charge in [0.25, 0.3) is 0 Å². The van der Waals surface area contributed by atoms with Crippen molar-refractivity contribution >= 4 is 5.97 Å². The summed E-state index contributed by atoms with van der Waals surface area (Å²) in [5.41, 5.74) is 0.672. The van der Waals surface area contributed by atoms with Gasteiger partial charge in [-0.3, -0.25) is 4.79 Å². The van der Waals surface area contributed by atoms with E-state index in [1.54, 1.807) is 6.08 Å². The van der Waals surface area contributed by atoms with Crippen molar-refractivity contribution in [1.29, 1.82) is 0 Å². The number of hydrogen-bond acceptors (Lipinski definition) is 2. The molecule has 0 amide bonds. The topological polar surface area (TPSA) is 26.3 Å². The quantitative estimate of drug-likeness (QED) is 0.572. The number of benzene rings is 1. The third kappa shape index (κ3) is 1.87. The Morgan fingerprint density at radius 3 is 2.81 bits per heavy atom. The van der Waals surface area contributed by atoms with E-state index in [0.29, 0.717) is 6.42 Å². The van der Waals surface area contributed by atoms with Crippen LogP contribution in [0.3, 0.4) is 0 Å². The predicted molar refractivity (Wildman–Crippen MR) is 62.8 cm³/mol. The largest absolute Gasteiger partial charge is 0.457 e. The Morgan fingerprint density at radius 2 is 2.19 bits per heavy atom. The molecule has 1 aliphatic rings. The summed E-state index contributed by atoms with van der Waals surface area (Å²) in [6, 6.07) is 9.89. The summed E-state index contributed by atoms with van der Waals surface area (Å²) in [4.78, 5) is 11.8. The van der Waals surface area contributed by atoms with Crippen LogP contribution < -0.4 is 0 Å². The van der Waals surface area contributed by atoms with Crippen molar-refractivity contribution in [3.05, 3.63) is 48.6 Å². The molecule has 0 unspecified atom stereocenters.